The minimum atomic E-state index is -2.89. The van der Waals surface area contributed by atoms with E-state index in [4.69, 9.17) is 16.5 Å². The van der Waals surface area contributed by atoms with Crippen molar-refractivity contribution in [1.29, 1.82) is 0 Å². The largest absolute Gasteiger partial charge is 0.476 e. The van der Waals surface area contributed by atoms with E-state index >= 15 is 0 Å². The van der Waals surface area contributed by atoms with Gasteiger partial charge in [-0.15, -0.1) is 0 Å². The summed E-state index contributed by atoms with van der Waals surface area (Å²) in [6.07, 6.45) is 0. The summed E-state index contributed by atoms with van der Waals surface area (Å²) >= 11 is 0. The standard InChI is InChI=1S/CH4O5Si4/c1-10(2)5-8-3-7-4-9-6-10/h2H,1H3. The monoisotopic (exact) mass is 208 g/mol. The summed E-state index contributed by atoms with van der Waals surface area (Å²) in [4.78, 5) is 9.23. The van der Waals surface area contributed by atoms with Gasteiger partial charge in [0.1, 0.15) is 0 Å². The zero-order valence-electron chi connectivity index (χ0n) is 5.08. The third kappa shape index (κ3) is 3.18. The lowest BCUT2D eigenvalue weighted by Gasteiger charge is -2.20. The number of hydrogen-bond acceptors (Lipinski definition) is 5. The molecule has 0 unspecified atom stereocenters. The van der Waals surface area contributed by atoms with Gasteiger partial charge in [0.05, 0.1) is 0 Å². The van der Waals surface area contributed by atoms with Crippen LogP contribution in [0.4, 0.5) is 0 Å². The van der Waals surface area contributed by atoms with Gasteiger partial charge < -0.3 is 21.3 Å². The van der Waals surface area contributed by atoms with Crippen molar-refractivity contribution in [3.05, 3.63) is 0 Å². The third-order valence-corrected chi connectivity index (χ3v) is 5.66. The third-order valence-electron chi connectivity index (χ3n) is 0.629. The maximum absolute atomic E-state index is 9.23. The molecule has 5 nitrogen and oxygen atoms in total. The Hall–Kier alpha value is 0.668. The van der Waals surface area contributed by atoms with Crippen molar-refractivity contribution in [3.63, 3.8) is 0 Å². The quantitative estimate of drug-likeness (QED) is 0.478. The predicted octanol–water partition coefficient (Wildman–Crippen LogP) is -1.77. The molecule has 0 atom stereocenters. The van der Waals surface area contributed by atoms with Crippen molar-refractivity contribution >= 4 is 38.8 Å². The van der Waals surface area contributed by atoms with Crippen molar-refractivity contribution in [3.8, 4) is 0 Å². The van der Waals surface area contributed by atoms with E-state index in [-0.39, 0.29) is 30.0 Å². The zero-order valence-corrected chi connectivity index (χ0v) is 9.08. The minimum Gasteiger partial charge on any atom is -0.412 e. The molecule has 0 amide bonds. The summed E-state index contributed by atoms with van der Waals surface area (Å²) in [5, 5.41) is 0. The Bertz CT molecular complexity index is 95.8. The van der Waals surface area contributed by atoms with Crippen LogP contribution in [0.15, 0.2) is 0 Å². The second-order valence-corrected chi connectivity index (χ2v) is 7.12. The van der Waals surface area contributed by atoms with Crippen LogP contribution in [0.5, 0.6) is 0 Å². The Kier molecular flexibility index (Phi) is 3.41. The van der Waals surface area contributed by atoms with E-state index in [9.17, 15) is 4.80 Å². The molecule has 1 rings (SSSR count). The SMILES string of the molecule is C[Si]1(O)O[Si]O[Si]O[Si]O1. The van der Waals surface area contributed by atoms with Gasteiger partial charge in [0.2, 0.25) is 0 Å². The Morgan fingerprint density at radius 3 is 2.10 bits per heavy atom. The molecule has 0 aromatic rings. The van der Waals surface area contributed by atoms with Crippen molar-refractivity contribution in [2.75, 3.05) is 0 Å². The molecule has 1 aliphatic heterocycles. The van der Waals surface area contributed by atoms with E-state index in [1.807, 2.05) is 0 Å². The molecule has 0 aliphatic carbocycles. The highest BCUT2D eigenvalue weighted by Crippen LogP contribution is 2.01. The molecule has 0 saturated carbocycles. The van der Waals surface area contributed by atoms with Crippen LogP contribution in [-0.2, 0) is 16.5 Å². The fourth-order valence-electron chi connectivity index (χ4n) is 0.272. The van der Waals surface area contributed by atoms with Gasteiger partial charge in [-0.25, -0.2) is 0 Å². The lowest BCUT2D eigenvalue weighted by Crippen LogP contribution is -2.44. The van der Waals surface area contributed by atoms with Gasteiger partial charge in [0.15, 0.2) is 0 Å². The van der Waals surface area contributed by atoms with Gasteiger partial charge in [-0.05, 0) is 0 Å². The van der Waals surface area contributed by atoms with Gasteiger partial charge in [-0.2, -0.15) is 0 Å². The average Bonchev–Trinajstić information content (AvgIpc) is 1.81. The molecule has 9 heteroatoms. The van der Waals surface area contributed by atoms with Crippen LogP contribution in [0.1, 0.15) is 0 Å². The van der Waals surface area contributed by atoms with E-state index in [1.165, 1.54) is 6.55 Å². The van der Waals surface area contributed by atoms with E-state index in [0.717, 1.165) is 0 Å². The van der Waals surface area contributed by atoms with Crippen LogP contribution in [-0.4, -0.2) is 43.6 Å². The number of hydrogen-bond donors (Lipinski definition) is 1. The van der Waals surface area contributed by atoms with Crippen LogP contribution < -0.4 is 0 Å². The summed E-state index contributed by atoms with van der Waals surface area (Å²) in [6.45, 7) is 1.52. The fraction of sp³-hybridized carbons (Fsp3) is 1.00. The molecule has 10 heavy (non-hydrogen) atoms. The molecule has 0 aromatic heterocycles. The Labute approximate surface area is 67.2 Å². The highest BCUT2D eigenvalue weighted by atomic mass is 28.5. The first-order chi connectivity index (χ1) is 4.71. The van der Waals surface area contributed by atoms with Gasteiger partial charge in [0.25, 0.3) is 0 Å². The second-order valence-electron chi connectivity index (χ2n) is 1.56. The van der Waals surface area contributed by atoms with E-state index in [0.29, 0.717) is 0 Å². The zero-order chi connectivity index (χ0) is 7.45. The van der Waals surface area contributed by atoms with Crippen molar-refractivity contribution in [1.82, 2.24) is 0 Å². The van der Waals surface area contributed by atoms with Crippen molar-refractivity contribution in [2.24, 2.45) is 0 Å². The van der Waals surface area contributed by atoms with Gasteiger partial charge in [-0.1, -0.05) is 0 Å². The highest BCUT2D eigenvalue weighted by molar-refractivity contribution is 6.68. The van der Waals surface area contributed by atoms with Gasteiger partial charge in [-0.3, -0.25) is 0 Å². The Balaban J connectivity index is 2.30. The number of rotatable bonds is 0. The molecular formula is CH4O5Si4. The molecule has 1 heterocycles. The minimum absolute atomic E-state index is 0.0478. The first kappa shape index (κ1) is 8.76. The molecule has 0 spiro atoms. The normalized spacial score (nSPS) is 27.0. The average molecular weight is 208 g/mol. The molecule has 6 radical (unpaired) electrons. The smallest absolute Gasteiger partial charge is 0.412 e. The van der Waals surface area contributed by atoms with Crippen LogP contribution in [0.3, 0.4) is 0 Å². The molecule has 1 aliphatic rings. The van der Waals surface area contributed by atoms with Crippen LogP contribution in [0, 0.1) is 0 Å². The summed E-state index contributed by atoms with van der Waals surface area (Å²) in [5.74, 6) is 0. The highest BCUT2D eigenvalue weighted by Gasteiger charge is 2.32. The Morgan fingerprint density at radius 2 is 1.60 bits per heavy atom. The van der Waals surface area contributed by atoms with Crippen LogP contribution >= 0.6 is 0 Å². The Morgan fingerprint density at radius 1 is 1.10 bits per heavy atom. The summed E-state index contributed by atoms with van der Waals surface area (Å²) in [7, 11) is -3.30. The molecule has 1 N–H and O–H groups in total. The molecule has 1 saturated heterocycles. The maximum atomic E-state index is 9.23. The predicted molar refractivity (Wildman–Crippen MR) is 35.4 cm³/mol. The fourth-order valence-corrected chi connectivity index (χ4v) is 3.95. The molecule has 0 bridgehead atoms. The molecular weight excluding hydrogens is 204 g/mol. The van der Waals surface area contributed by atoms with Gasteiger partial charge in [0, 0.05) is 6.55 Å². The lowest BCUT2D eigenvalue weighted by atomic mass is 11.9. The summed E-state index contributed by atoms with van der Waals surface area (Å²) in [5.41, 5.74) is 0. The van der Waals surface area contributed by atoms with Crippen molar-refractivity contribution in [2.45, 2.75) is 6.55 Å². The first-order valence-electron chi connectivity index (χ1n) is 2.36. The van der Waals surface area contributed by atoms with Gasteiger partial charge >= 0.3 is 38.8 Å². The van der Waals surface area contributed by atoms with Crippen LogP contribution in [0.25, 0.3) is 0 Å². The maximum Gasteiger partial charge on any atom is 0.476 e. The lowest BCUT2D eigenvalue weighted by molar-refractivity contribution is 0.226. The van der Waals surface area contributed by atoms with Crippen LogP contribution in [0.2, 0.25) is 6.55 Å². The van der Waals surface area contributed by atoms with Crippen molar-refractivity contribution < 1.29 is 21.3 Å². The molecule has 1 fully saturated rings. The van der Waals surface area contributed by atoms with E-state index in [2.05, 4.69) is 0 Å². The molecule has 54 valence electrons. The van der Waals surface area contributed by atoms with E-state index < -0.39 is 8.80 Å². The van der Waals surface area contributed by atoms with E-state index in [1.54, 1.807) is 0 Å². The first-order valence-corrected chi connectivity index (χ1v) is 7.07. The molecule has 0 aromatic carbocycles. The second kappa shape index (κ2) is 3.89. The summed E-state index contributed by atoms with van der Waals surface area (Å²) in [6, 6.07) is 0. The summed E-state index contributed by atoms with van der Waals surface area (Å²) < 4.78 is 19.4. The topological polar surface area (TPSA) is 57.2 Å².